The van der Waals surface area contributed by atoms with E-state index in [1.54, 1.807) is 0 Å². The summed E-state index contributed by atoms with van der Waals surface area (Å²) >= 11 is 7.50. The minimum Gasteiger partial charge on any atom is -0.494 e. The minimum atomic E-state index is -0.200. The van der Waals surface area contributed by atoms with E-state index in [0.717, 1.165) is 33.3 Å². The molecule has 1 aliphatic rings. The summed E-state index contributed by atoms with van der Waals surface area (Å²) in [5.74, 6) is 1.29. The van der Waals surface area contributed by atoms with E-state index in [4.69, 9.17) is 21.1 Å². The van der Waals surface area contributed by atoms with Crippen molar-refractivity contribution in [2.75, 3.05) is 13.2 Å². The van der Waals surface area contributed by atoms with E-state index in [-0.39, 0.29) is 5.91 Å². The molecule has 0 unspecified atom stereocenters. The van der Waals surface area contributed by atoms with Gasteiger partial charge in [-0.2, -0.15) is 0 Å². The molecular formula is C25H23ClN2O3S. The number of amidine groups is 1. The highest BCUT2D eigenvalue weighted by molar-refractivity contribution is 8.18. The minimum absolute atomic E-state index is 0.200. The Bertz CT molecular complexity index is 1250. The standard InChI is InChI=1S/C25H23ClN2O3S/c1-4-30-17-11-9-16-10-12-22(31-5-2)19(18(16)13-17)14-23-24(29)28-25(32-23)27-21-8-6-7-20(26)15(21)3/h6-14H,4-5H2,1-3H3,(H,27,28,29)/b23-14-. The van der Waals surface area contributed by atoms with Crippen LogP contribution in [0.4, 0.5) is 5.69 Å². The molecule has 4 rings (SSSR count). The fourth-order valence-electron chi connectivity index (χ4n) is 3.43. The number of nitrogens with zero attached hydrogens (tertiary/aromatic N) is 1. The summed E-state index contributed by atoms with van der Waals surface area (Å²) in [5.41, 5.74) is 2.43. The third kappa shape index (κ3) is 4.61. The second-order valence-corrected chi connectivity index (χ2v) is 8.53. The van der Waals surface area contributed by atoms with Gasteiger partial charge in [0.05, 0.1) is 23.8 Å². The summed E-state index contributed by atoms with van der Waals surface area (Å²) in [4.78, 5) is 17.9. The van der Waals surface area contributed by atoms with Gasteiger partial charge >= 0.3 is 0 Å². The molecule has 1 N–H and O–H groups in total. The zero-order chi connectivity index (χ0) is 22.7. The van der Waals surface area contributed by atoms with E-state index in [0.29, 0.717) is 34.1 Å². The predicted molar refractivity (Wildman–Crippen MR) is 133 cm³/mol. The highest BCUT2D eigenvalue weighted by atomic mass is 35.5. The first-order valence-electron chi connectivity index (χ1n) is 10.4. The molecule has 0 aliphatic carbocycles. The molecule has 0 aromatic heterocycles. The zero-order valence-corrected chi connectivity index (χ0v) is 19.6. The van der Waals surface area contributed by atoms with Crippen LogP contribution >= 0.6 is 23.4 Å². The Labute approximate surface area is 196 Å². The van der Waals surface area contributed by atoms with Crippen molar-refractivity contribution < 1.29 is 14.3 Å². The summed E-state index contributed by atoms with van der Waals surface area (Å²) in [7, 11) is 0. The molecule has 7 heteroatoms. The number of fused-ring (bicyclic) bond motifs is 1. The Morgan fingerprint density at radius 3 is 2.66 bits per heavy atom. The number of carbonyl (C=O) groups is 1. The molecule has 3 aromatic carbocycles. The topological polar surface area (TPSA) is 59.9 Å². The maximum absolute atomic E-state index is 12.7. The third-order valence-corrected chi connectivity index (χ3v) is 6.31. The van der Waals surface area contributed by atoms with Gasteiger partial charge in [-0.25, -0.2) is 4.99 Å². The average molecular weight is 467 g/mol. The van der Waals surface area contributed by atoms with E-state index in [1.165, 1.54) is 11.8 Å². The number of aliphatic imine (C=N–C) groups is 1. The summed E-state index contributed by atoms with van der Waals surface area (Å²) in [6, 6.07) is 15.4. The molecule has 164 valence electrons. The van der Waals surface area contributed by atoms with Crippen LogP contribution in [-0.2, 0) is 4.79 Å². The van der Waals surface area contributed by atoms with Crippen molar-refractivity contribution in [2.45, 2.75) is 20.8 Å². The number of amides is 1. The Morgan fingerprint density at radius 1 is 1.09 bits per heavy atom. The normalized spacial score (nSPS) is 16.1. The van der Waals surface area contributed by atoms with Gasteiger partial charge < -0.3 is 14.8 Å². The first kappa shape index (κ1) is 22.2. The predicted octanol–water partition coefficient (Wildman–Crippen LogP) is 6.49. The van der Waals surface area contributed by atoms with Gasteiger partial charge in [0.2, 0.25) is 0 Å². The second-order valence-electron chi connectivity index (χ2n) is 7.09. The van der Waals surface area contributed by atoms with Crippen molar-refractivity contribution in [3.8, 4) is 11.5 Å². The first-order valence-corrected chi connectivity index (χ1v) is 11.6. The van der Waals surface area contributed by atoms with Gasteiger partial charge in [0.1, 0.15) is 11.5 Å². The molecule has 5 nitrogen and oxygen atoms in total. The summed E-state index contributed by atoms with van der Waals surface area (Å²) in [5, 5.41) is 5.99. The zero-order valence-electron chi connectivity index (χ0n) is 18.1. The number of hydrogen-bond donors (Lipinski definition) is 1. The van der Waals surface area contributed by atoms with Crippen molar-refractivity contribution in [1.29, 1.82) is 0 Å². The van der Waals surface area contributed by atoms with Crippen LogP contribution < -0.4 is 14.8 Å². The van der Waals surface area contributed by atoms with E-state index in [2.05, 4.69) is 10.3 Å². The van der Waals surface area contributed by atoms with Gasteiger partial charge in [-0.15, -0.1) is 0 Å². The Balaban J connectivity index is 1.76. The highest BCUT2D eigenvalue weighted by Crippen LogP contribution is 2.36. The van der Waals surface area contributed by atoms with Crippen molar-refractivity contribution >= 4 is 57.0 Å². The first-order chi connectivity index (χ1) is 15.5. The van der Waals surface area contributed by atoms with Crippen LogP contribution in [0.2, 0.25) is 5.02 Å². The lowest BCUT2D eigenvalue weighted by atomic mass is 10.0. The quantitative estimate of drug-likeness (QED) is 0.422. The van der Waals surface area contributed by atoms with E-state index in [9.17, 15) is 4.79 Å². The number of thioether (sulfide) groups is 1. The van der Waals surface area contributed by atoms with Crippen LogP contribution in [0.1, 0.15) is 25.0 Å². The van der Waals surface area contributed by atoms with Gasteiger partial charge in [-0.3, -0.25) is 4.79 Å². The smallest absolute Gasteiger partial charge is 0.264 e. The Hall–Kier alpha value is -2.96. The highest BCUT2D eigenvalue weighted by Gasteiger charge is 2.25. The lowest BCUT2D eigenvalue weighted by molar-refractivity contribution is -0.115. The molecule has 0 radical (unpaired) electrons. The monoisotopic (exact) mass is 466 g/mol. The molecule has 0 spiro atoms. The van der Waals surface area contributed by atoms with Gasteiger partial charge in [0.15, 0.2) is 5.17 Å². The van der Waals surface area contributed by atoms with E-state index >= 15 is 0 Å². The van der Waals surface area contributed by atoms with Crippen molar-refractivity contribution in [1.82, 2.24) is 5.32 Å². The third-order valence-electron chi connectivity index (χ3n) is 4.99. The lowest BCUT2D eigenvalue weighted by Crippen LogP contribution is -2.19. The van der Waals surface area contributed by atoms with Gasteiger partial charge in [0, 0.05) is 10.6 Å². The molecule has 0 bridgehead atoms. The molecule has 1 amide bonds. The molecule has 1 heterocycles. The lowest BCUT2D eigenvalue weighted by Gasteiger charge is -2.12. The van der Waals surface area contributed by atoms with E-state index < -0.39 is 0 Å². The molecule has 0 saturated carbocycles. The molecule has 1 saturated heterocycles. The summed E-state index contributed by atoms with van der Waals surface area (Å²) in [6.45, 7) is 6.89. The Morgan fingerprint density at radius 2 is 1.88 bits per heavy atom. The van der Waals surface area contributed by atoms with Gasteiger partial charge in [0.25, 0.3) is 5.91 Å². The van der Waals surface area contributed by atoms with Crippen molar-refractivity contribution in [2.24, 2.45) is 4.99 Å². The number of rotatable bonds is 6. The Kier molecular flexibility index (Phi) is 6.72. The molecule has 3 aromatic rings. The largest absolute Gasteiger partial charge is 0.494 e. The maximum atomic E-state index is 12.7. The van der Waals surface area contributed by atoms with Gasteiger partial charge in [-0.05, 0) is 85.3 Å². The number of nitrogens with one attached hydrogen (secondary N) is 1. The van der Waals surface area contributed by atoms with Crippen LogP contribution in [0.5, 0.6) is 11.5 Å². The molecule has 0 atom stereocenters. The fourth-order valence-corrected chi connectivity index (χ4v) is 4.41. The molecule has 32 heavy (non-hydrogen) atoms. The number of benzene rings is 3. The number of hydrogen-bond acceptors (Lipinski definition) is 5. The molecule has 1 aliphatic heterocycles. The summed E-state index contributed by atoms with van der Waals surface area (Å²) < 4.78 is 11.6. The second kappa shape index (κ2) is 9.67. The molecule has 1 fully saturated rings. The van der Waals surface area contributed by atoms with Crippen molar-refractivity contribution in [3.05, 3.63) is 69.6 Å². The molecular weight excluding hydrogens is 444 g/mol. The maximum Gasteiger partial charge on any atom is 0.264 e. The van der Waals surface area contributed by atoms with E-state index in [1.807, 2.05) is 75.4 Å². The van der Waals surface area contributed by atoms with Crippen LogP contribution in [0.25, 0.3) is 16.8 Å². The number of carbonyl (C=O) groups excluding carboxylic acids is 1. The number of halogens is 1. The van der Waals surface area contributed by atoms with Crippen LogP contribution in [-0.4, -0.2) is 24.3 Å². The van der Waals surface area contributed by atoms with Crippen LogP contribution in [0.15, 0.2) is 58.4 Å². The van der Waals surface area contributed by atoms with Crippen molar-refractivity contribution in [3.63, 3.8) is 0 Å². The van der Waals surface area contributed by atoms with Crippen LogP contribution in [0.3, 0.4) is 0 Å². The summed E-state index contributed by atoms with van der Waals surface area (Å²) in [6.07, 6.45) is 1.86. The SMILES string of the molecule is CCOc1ccc2ccc(OCC)c(/C=C3\SC(=Nc4cccc(Cl)c4C)NC3=O)c2c1. The number of ether oxygens (including phenoxy) is 2. The van der Waals surface area contributed by atoms with Gasteiger partial charge in [-0.1, -0.05) is 29.8 Å². The fraction of sp³-hybridized carbons (Fsp3) is 0.200. The average Bonchev–Trinajstić information content (AvgIpc) is 3.12. The van der Waals surface area contributed by atoms with Crippen LogP contribution in [0, 0.1) is 6.92 Å².